The number of amides is 1. The van der Waals surface area contributed by atoms with E-state index in [1.54, 1.807) is 4.68 Å². The van der Waals surface area contributed by atoms with E-state index in [-0.39, 0.29) is 17.9 Å². The average Bonchev–Trinajstić information content (AvgIpc) is 3.55. The van der Waals surface area contributed by atoms with E-state index in [4.69, 9.17) is 10.7 Å². The van der Waals surface area contributed by atoms with Crippen LogP contribution in [0.4, 0.5) is 0 Å². The summed E-state index contributed by atoms with van der Waals surface area (Å²) in [6.07, 6.45) is 2.46. The highest BCUT2D eigenvalue weighted by molar-refractivity contribution is 5.88. The van der Waals surface area contributed by atoms with Crippen LogP contribution in [0.5, 0.6) is 0 Å². The standard InChI is InChI=1S/C25H24N4O2/c1-15-24(25(31)29(28(15)2)18-6-4-3-5-7-18)22-14-20(17-9-10-17)19-11-8-16(13-23(26)30)12-21(19)27-22/h3-8,11-12,14,17H,9-10,13H2,1-2H3,(H2,26,30). The second-order valence-corrected chi connectivity index (χ2v) is 8.30. The molecule has 2 aromatic heterocycles. The largest absolute Gasteiger partial charge is 0.369 e. The maximum atomic E-state index is 13.5. The molecule has 0 spiro atoms. The molecule has 1 fully saturated rings. The van der Waals surface area contributed by atoms with E-state index >= 15 is 0 Å². The zero-order valence-corrected chi connectivity index (χ0v) is 17.6. The molecule has 0 unspecified atom stereocenters. The summed E-state index contributed by atoms with van der Waals surface area (Å²) in [5.74, 6) is 0.120. The molecule has 156 valence electrons. The summed E-state index contributed by atoms with van der Waals surface area (Å²) in [4.78, 5) is 29.8. The molecular formula is C25H24N4O2. The number of benzene rings is 2. The molecule has 0 saturated heterocycles. The van der Waals surface area contributed by atoms with Crippen molar-refractivity contribution >= 4 is 16.8 Å². The fourth-order valence-corrected chi connectivity index (χ4v) is 4.34. The van der Waals surface area contributed by atoms with Crippen molar-refractivity contribution in [2.45, 2.75) is 32.1 Å². The Hall–Kier alpha value is -3.67. The van der Waals surface area contributed by atoms with E-state index in [1.165, 1.54) is 5.56 Å². The molecule has 0 bridgehead atoms. The molecule has 1 amide bonds. The van der Waals surface area contributed by atoms with Crippen molar-refractivity contribution in [1.29, 1.82) is 0 Å². The Morgan fingerprint density at radius 3 is 2.55 bits per heavy atom. The predicted octanol–water partition coefficient (Wildman–Crippen LogP) is 3.60. The molecule has 5 rings (SSSR count). The molecular weight excluding hydrogens is 388 g/mol. The maximum Gasteiger partial charge on any atom is 0.281 e. The van der Waals surface area contributed by atoms with Crippen LogP contribution in [0, 0.1) is 6.92 Å². The van der Waals surface area contributed by atoms with E-state index in [0.29, 0.717) is 17.2 Å². The Morgan fingerprint density at radius 2 is 1.87 bits per heavy atom. The van der Waals surface area contributed by atoms with Gasteiger partial charge >= 0.3 is 0 Å². The number of aromatic nitrogens is 3. The summed E-state index contributed by atoms with van der Waals surface area (Å²) in [5.41, 5.74) is 11.1. The third-order valence-corrected chi connectivity index (χ3v) is 6.11. The maximum absolute atomic E-state index is 13.5. The molecule has 31 heavy (non-hydrogen) atoms. The Morgan fingerprint density at radius 1 is 1.13 bits per heavy atom. The van der Waals surface area contributed by atoms with E-state index in [2.05, 4.69) is 6.07 Å². The summed E-state index contributed by atoms with van der Waals surface area (Å²) in [7, 11) is 1.89. The van der Waals surface area contributed by atoms with Gasteiger partial charge in [-0.1, -0.05) is 30.3 Å². The minimum absolute atomic E-state index is 0.0897. The first kappa shape index (κ1) is 19.3. The zero-order chi connectivity index (χ0) is 21.7. The molecule has 4 aromatic rings. The second kappa shape index (κ2) is 7.23. The molecule has 1 saturated carbocycles. The summed E-state index contributed by atoms with van der Waals surface area (Å²) in [5, 5.41) is 1.08. The number of hydrogen-bond donors (Lipinski definition) is 1. The summed E-state index contributed by atoms with van der Waals surface area (Å²) >= 11 is 0. The highest BCUT2D eigenvalue weighted by Gasteiger charge is 2.28. The minimum atomic E-state index is -0.373. The van der Waals surface area contributed by atoms with Crippen LogP contribution < -0.4 is 11.3 Å². The molecule has 1 aliphatic carbocycles. The zero-order valence-electron chi connectivity index (χ0n) is 17.6. The number of carbonyl (C=O) groups is 1. The monoisotopic (exact) mass is 412 g/mol. The number of rotatable bonds is 5. The van der Waals surface area contributed by atoms with Crippen molar-refractivity contribution in [1.82, 2.24) is 14.3 Å². The number of pyridine rings is 1. The quantitative estimate of drug-likeness (QED) is 0.544. The van der Waals surface area contributed by atoms with Crippen LogP contribution in [0.15, 0.2) is 59.4 Å². The number of fused-ring (bicyclic) bond motifs is 1. The molecule has 2 aromatic carbocycles. The molecule has 0 radical (unpaired) electrons. The first-order valence-electron chi connectivity index (χ1n) is 10.5. The van der Waals surface area contributed by atoms with Crippen LogP contribution in [0.3, 0.4) is 0 Å². The Balaban J connectivity index is 1.74. The molecule has 1 aliphatic rings. The lowest BCUT2D eigenvalue weighted by Crippen LogP contribution is -2.20. The lowest BCUT2D eigenvalue weighted by molar-refractivity contribution is -0.117. The van der Waals surface area contributed by atoms with E-state index in [1.807, 2.05) is 67.2 Å². The van der Waals surface area contributed by atoms with E-state index in [9.17, 15) is 9.59 Å². The van der Waals surface area contributed by atoms with Crippen molar-refractivity contribution in [2.75, 3.05) is 0 Å². The van der Waals surface area contributed by atoms with Crippen LogP contribution >= 0.6 is 0 Å². The SMILES string of the molecule is Cc1c(-c2cc(C3CC3)c3ccc(CC(N)=O)cc3n2)c(=O)n(-c2ccccc2)n1C. The predicted molar refractivity (Wildman–Crippen MR) is 121 cm³/mol. The third kappa shape index (κ3) is 3.34. The highest BCUT2D eigenvalue weighted by atomic mass is 16.1. The van der Waals surface area contributed by atoms with Gasteiger partial charge in [0.15, 0.2) is 0 Å². The van der Waals surface area contributed by atoms with Gasteiger partial charge in [0.1, 0.15) is 0 Å². The summed E-state index contributed by atoms with van der Waals surface area (Å²) in [6.45, 7) is 1.95. The van der Waals surface area contributed by atoms with E-state index in [0.717, 1.165) is 40.7 Å². The number of hydrogen-bond acceptors (Lipinski definition) is 3. The van der Waals surface area contributed by atoms with E-state index < -0.39 is 0 Å². The molecule has 2 N–H and O–H groups in total. The van der Waals surface area contributed by atoms with Gasteiger partial charge in [-0.3, -0.25) is 14.3 Å². The van der Waals surface area contributed by atoms with Crippen molar-refractivity contribution < 1.29 is 4.79 Å². The van der Waals surface area contributed by atoms with Gasteiger partial charge in [-0.25, -0.2) is 9.67 Å². The highest BCUT2D eigenvalue weighted by Crippen LogP contribution is 2.44. The van der Waals surface area contributed by atoms with Gasteiger partial charge in [-0.15, -0.1) is 0 Å². The third-order valence-electron chi connectivity index (χ3n) is 6.11. The van der Waals surface area contributed by atoms with Gasteiger partial charge < -0.3 is 5.73 Å². The van der Waals surface area contributed by atoms with Gasteiger partial charge in [0.25, 0.3) is 5.56 Å². The molecule has 2 heterocycles. The van der Waals surface area contributed by atoms with Gasteiger partial charge in [0, 0.05) is 18.1 Å². The van der Waals surface area contributed by atoms with Crippen molar-refractivity contribution in [3.63, 3.8) is 0 Å². The van der Waals surface area contributed by atoms with Gasteiger partial charge in [0.05, 0.1) is 28.9 Å². The lowest BCUT2D eigenvalue weighted by atomic mass is 9.99. The normalized spacial score (nSPS) is 13.6. The second-order valence-electron chi connectivity index (χ2n) is 8.30. The number of para-hydroxylation sites is 1. The number of primary amides is 1. The lowest BCUT2D eigenvalue weighted by Gasteiger charge is -2.10. The minimum Gasteiger partial charge on any atom is -0.369 e. The topological polar surface area (TPSA) is 82.9 Å². The first-order valence-corrected chi connectivity index (χ1v) is 10.5. The fourth-order valence-electron chi connectivity index (χ4n) is 4.34. The summed E-state index contributed by atoms with van der Waals surface area (Å²) < 4.78 is 3.55. The van der Waals surface area contributed by atoms with Crippen LogP contribution in [0.2, 0.25) is 0 Å². The fraction of sp³-hybridized carbons (Fsp3) is 0.240. The van der Waals surface area contributed by atoms with Gasteiger partial charge in [0.2, 0.25) is 5.91 Å². The van der Waals surface area contributed by atoms with Gasteiger partial charge in [-0.2, -0.15) is 0 Å². The van der Waals surface area contributed by atoms with Crippen molar-refractivity contribution in [3.05, 3.63) is 81.8 Å². The first-order chi connectivity index (χ1) is 14.9. The molecule has 6 heteroatoms. The Labute approximate surface area is 179 Å². The number of carbonyl (C=O) groups excluding carboxylic acids is 1. The van der Waals surface area contributed by atoms with Crippen LogP contribution in [-0.2, 0) is 18.3 Å². The van der Waals surface area contributed by atoms with Gasteiger partial charge in [-0.05, 0) is 61.1 Å². The average molecular weight is 412 g/mol. The molecule has 0 atom stereocenters. The smallest absolute Gasteiger partial charge is 0.281 e. The Kier molecular flexibility index (Phi) is 4.50. The Bertz CT molecular complexity index is 1380. The van der Waals surface area contributed by atoms with Crippen molar-refractivity contribution in [3.8, 4) is 16.9 Å². The number of nitrogens with zero attached hydrogens (tertiary/aromatic N) is 3. The van der Waals surface area contributed by atoms with Crippen molar-refractivity contribution in [2.24, 2.45) is 12.8 Å². The van der Waals surface area contributed by atoms with Crippen LogP contribution in [0.1, 0.15) is 35.6 Å². The molecule has 0 aliphatic heterocycles. The molecule has 6 nitrogen and oxygen atoms in total. The van der Waals surface area contributed by atoms with Crippen LogP contribution in [0.25, 0.3) is 27.8 Å². The van der Waals surface area contributed by atoms with Crippen LogP contribution in [-0.4, -0.2) is 20.3 Å². The number of nitrogens with two attached hydrogens (primary N) is 1. The summed E-state index contributed by atoms with van der Waals surface area (Å²) in [6, 6.07) is 17.6.